The molecule has 0 N–H and O–H groups in total. The Morgan fingerprint density at radius 2 is 1.82 bits per heavy atom. The van der Waals surface area contributed by atoms with Gasteiger partial charge in [0, 0.05) is 11.4 Å². The van der Waals surface area contributed by atoms with Crippen LogP contribution in [-0.2, 0) is 6.42 Å². The maximum absolute atomic E-state index is 4.55. The second-order valence-corrected chi connectivity index (χ2v) is 6.47. The van der Waals surface area contributed by atoms with Crippen LogP contribution in [-0.4, -0.2) is 19.5 Å². The Hall–Kier alpha value is -2.23. The third-order valence-corrected chi connectivity index (χ3v) is 3.75. The molecule has 0 saturated carbocycles. The van der Waals surface area contributed by atoms with Crippen LogP contribution in [0.2, 0.25) is 0 Å². The third kappa shape index (κ3) is 2.86. The molecule has 4 heteroatoms. The van der Waals surface area contributed by atoms with Gasteiger partial charge in [-0.15, -0.1) is 0 Å². The van der Waals surface area contributed by atoms with Gasteiger partial charge in [0.2, 0.25) is 0 Å². The maximum Gasteiger partial charge on any atom is 0.107 e. The zero-order chi connectivity index (χ0) is 15.7. The van der Waals surface area contributed by atoms with Gasteiger partial charge in [0.05, 0.1) is 23.6 Å². The number of fused-ring (bicyclic) bond motifs is 1. The van der Waals surface area contributed by atoms with Crippen LogP contribution in [0.3, 0.4) is 0 Å². The topological polar surface area (TPSA) is 43.6 Å². The van der Waals surface area contributed by atoms with Gasteiger partial charge in [-0.2, -0.15) is 0 Å². The van der Waals surface area contributed by atoms with Crippen LogP contribution in [0.15, 0.2) is 36.9 Å². The van der Waals surface area contributed by atoms with Gasteiger partial charge in [-0.1, -0.05) is 27.7 Å². The number of hydrogen-bond acceptors (Lipinski definition) is 3. The van der Waals surface area contributed by atoms with E-state index in [1.54, 1.807) is 0 Å². The van der Waals surface area contributed by atoms with Gasteiger partial charge in [0.25, 0.3) is 0 Å². The molecule has 0 aliphatic carbocycles. The summed E-state index contributed by atoms with van der Waals surface area (Å²) in [7, 11) is 0. The summed E-state index contributed by atoms with van der Waals surface area (Å²) in [6.45, 7) is 8.71. The van der Waals surface area contributed by atoms with Gasteiger partial charge in [-0.3, -0.25) is 14.5 Å². The van der Waals surface area contributed by atoms with Crippen molar-refractivity contribution in [1.29, 1.82) is 0 Å². The quantitative estimate of drug-likeness (QED) is 0.726. The molecular formula is C18H22N4. The first-order chi connectivity index (χ1) is 10.5. The first-order valence-electron chi connectivity index (χ1n) is 7.83. The predicted octanol–water partition coefficient (Wildman–Crippen LogP) is 4.14. The second kappa shape index (κ2) is 5.87. The molecular weight excluding hydrogens is 272 g/mol. The van der Waals surface area contributed by atoms with E-state index in [1.807, 2.05) is 18.7 Å². The van der Waals surface area contributed by atoms with Gasteiger partial charge in [0.15, 0.2) is 0 Å². The number of nitrogens with zero attached hydrogens (tertiary/aromatic N) is 4. The second-order valence-electron chi connectivity index (χ2n) is 6.47. The van der Waals surface area contributed by atoms with Gasteiger partial charge in [-0.25, -0.2) is 4.98 Å². The van der Waals surface area contributed by atoms with Crippen molar-refractivity contribution in [3.63, 3.8) is 0 Å². The lowest BCUT2D eigenvalue weighted by Gasteiger charge is -2.08. The summed E-state index contributed by atoms with van der Waals surface area (Å²) in [6, 6.07) is 6.33. The highest BCUT2D eigenvalue weighted by atomic mass is 15.1. The minimum Gasteiger partial charge on any atom is -0.297 e. The molecule has 4 nitrogen and oxygen atoms in total. The van der Waals surface area contributed by atoms with Crippen LogP contribution < -0.4 is 0 Å². The standard InChI is InChI=1S/C18H22N4/c1-12(2)7-14-8-18-17(10-19-14)21-11-22(18)15-5-6-16(13(3)4)20-9-15/h5-6,8-13H,7H2,1-4H3. The summed E-state index contributed by atoms with van der Waals surface area (Å²) in [4.78, 5) is 13.5. The van der Waals surface area contributed by atoms with Crippen molar-refractivity contribution in [3.8, 4) is 5.69 Å². The minimum atomic E-state index is 0.440. The summed E-state index contributed by atoms with van der Waals surface area (Å²) < 4.78 is 2.08. The van der Waals surface area contributed by atoms with E-state index in [-0.39, 0.29) is 0 Å². The zero-order valence-corrected chi connectivity index (χ0v) is 13.6. The van der Waals surface area contributed by atoms with Crippen LogP contribution >= 0.6 is 0 Å². The lowest BCUT2D eigenvalue weighted by atomic mass is 10.1. The Kier molecular flexibility index (Phi) is 3.92. The molecule has 3 heterocycles. The molecule has 0 spiro atoms. The fraction of sp³-hybridized carbons (Fsp3) is 0.389. The van der Waals surface area contributed by atoms with E-state index >= 15 is 0 Å². The fourth-order valence-electron chi connectivity index (χ4n) is 2.57. The van der Waals surface area contributed by atoms with E-state index < -0.39 is 0 Å². The van der Waals surface area contributed by atoms with Crippen molar-refractivity contribution >= 4 is 11.0 Å². The highest BCUT2D eigenvalue weighted by Crippen LogP contribution is 2.20. The lowest BCUT2D eigenvalue weighted by molar-refractivity contribution is 0.636. The van der Waals surface area contributed by atoms with Crippen molar-refractivity contribution in [2.45, 2.75) is 40.0 Å². The highest BCUT2D eigenvalue weighted by Gasteiger charge is 2.09. The van der Waals surface area contributed by atoms with Gasteiger partial charge < -0.3 is 0 Å². The Morgan fingerprint density at radius 1 is 1.00 bits per heavy atom. The number of hydrogen-bond donors (Lipinski definition) is 0. The molecule has 114 valence electrons. The monoisotopic (exact) mass is 294 g/mol. The molecule has 0 unspecified atom stereocenters. The van der Waals surface area contributed by atoms with Gasteiger partial charge in [-0.05, 0) is 36.5 Å². The normalized spacial score (nSPS) is 11.7. The molecule has 3 aromatic rings. The molecule has 0 aliphatic heterocycles. The molecule has 0 fully saturated rings. The van der Waals surface area contributed by atoms with Crippen LogP contribution in [0, 0.1) is 5.92 Å². The predicted molar refractivity (Wildman–Crippen MR) is 89.3 cm³/mol. The third-order valence-electron chi connectivity index (χ3n) is 3.75. The molecule has 0 bridgehead atoms. The SMILES string of the molecule is CC(C)Cc1cc2c(cn1)ncn2-c1ccc(C(C)C)nc1. The molecule has 0 atom stereocenters. The van der Waals surface area contributed by atoms with Crippen LogP contribution in [0.4, 0.5) is 0 Å². The lowest BCUT2D eigenvalue weighted by Crippen LogP contribution is -1.99. The number of imidazole rings is 1. The smallest absolute Gasteiger partial charge is 0.107 e. The fourth-order valence-corrected chi connectivity index (χ4v) is 2.57. The van der Waals surface area contributed by atoms with E-state index in [0.29, 0.717) is 11.8 Å². The number of aromatic nitrogens is 4. The maximum atomic E-state index is 4.55. The van der Waals surface area contributed by atoms with Crippen molar-refractivity contribution < 1.29 is 0 Å². The molecule has 0 aliphatic rings. The molecule has 22 heavy (non-hydrogen) atoms. The molecule has 0 saturated heterocycles. The summed E-state index contributed by atoms with van der Waals surface area (Å²) >= 11 is 0. The van der Waals surface area contributed by atoms with Crippen LogP contribution in [0.1, 0.15) is 45.0 Å². The Bertz CT molecular complexity index is 769. The van der Waals surface area contributed by atoms with E-state index in [2.05, 4.69) is 65.4 Å². The summed E-state index contributed by atoms with van der Waals surface area (Å²) in [5, 5.41) is 0. The summed E-state index contributed by atoms with van der Waals surface area (Å²) in [5.41, 5.74) is 5.25. The van der Waals surface area contributed by atoms with Crippen molar-refractivity contribution in [2.24, 2.45) is 5.92 Å². The molecule has 0 amide bonds. The Balaban J connectivity index is 2.02. The van der Waals surface area contributed by atoms with Gasteiger partial charge >= 0.3 is 0 Å². The minimum absolute atomic E-state index is 0.440. The molecule has 3 aromatic heterocycles. The van der Waals surface area contributed by atoms with E-state index in [4.69, 9.17) is 0 Å². The Morgan fingerprint density at radius 3 is 2.45 bits per heavy atom. The largest absolute Gasteiger partial charge is 0.297 e. The summed E-state index contributed by atoms with van der Waals surface area (Å²) in [6.07, 6.45) is 6.60. The van der Waals surface area contributed by atoms with Crippen molar-refractivity contribution in [3.05, 3.63) is 48.3 Å². The first-order valence-corrected chi connectivity index (χ1v) is 7.83. The van der Waals surface area contributed by atoms with E-state index in [1.165, 1.54) is 0 Å². The number of pyridine rings is 2. The van der Waals surface area contributed by atoms with E-state index in [0.717, 1.165) is 34.5 Å². The number of rotatable bonds is 4. The summed E-state index contributed by atoms with van der Waals surface area (Å²) in [5.74, 6) is 1.03. The van der Waals surface area contributed by atoms with Crippen molar-refractivity contribution in [2.75, 3.05) is 0 Å². The average molecular weight is 294 g/mol. The highest BCUT2D eigenvalue weighted by molar-refractivity contribution is 5.76. The molecule has 0 radical (unpaired) electrons. The zero-order valence-electron chi connectivity index (χ0n) is 13.6. The average Bonchev–Trinajstić information content (AvgIpc) is 2.90. The Labute approximate surface area is 131 Å². The molecule has 3 rings (SSSR count). The van der Waals surface area contributed by atoms with Crippen molar-refractivity contribution in [1.82, 2.24) is 19.5 Å². The van der Waals surface area contributed by atoms with E-state index in [9.17, 15) is 0 Å². The van der Waals surface area contributed by atoms with Crippen LogP contribution in [0.25, 0.3) is 16.7 Å². The van der Waals surface area contributed by atoms with Gasteiger partial charge in [0.1, 0.15) is 11.8 Å². The van der Waals surface area contributed by atoms with Crippen LogP contribution in [0.5, 0.6) is 0 Å². The molecule has 0 aromatic carbocycles. The first kappa shape index (κ1) is 14.7.